The van der Waals surface area contributed by atoms with Crippen LogP contribution >= 0.6 is 11.6 Å². The van der Waals surface area contributed by atoms with E-state index < -0.39 is 0 Å². The largest absolute Gasteiger partial charge is 0.435 e. The molecule has 9 nitrogen and oxygen atoms in total. The Morgan fingerprint density at radius 3 is 2.69 bits per heavy atom. The lowest BCUT2D eigenvalue weighted by atomic mass is 9.96. The maximum atomic E-state index is 9.87. The third-order valence-electron chi connectivity index (χ3n) is 8.27. The molecule has 1 unspecified atom stereocenters. The van der Waals surface area contributed by atoms with Gasteiger partial charge in [-0.1, -0.05) is 35.9 Å². The second kappa shape index (κ2) is 11.9. The molecular formula is C35H29ClN6O3. The number of fused-ring (bicyclic) bond motifs is 2. The summed E-state index contributed by atoms with van der Waals surface area (Å²) in [5.41, 5.74) is 7.73. The molecule has 1 atom stereocenters. The molecule has 1 aliphatic heterocycles. The van der Waals surface area contributed by atoms with Crippen LogP contribution in [0.5, 0.6) is 0 Å². The Balaban J connectivity index is 1.21. The molecule has 0 aliphatic carbocycles. The Hall–Kier alpha value is -4.85. The minimum atomic E-state index is -0.259. The standard InChI is InChI=1S/C35H29ClN6O3/c1-20-26(4-2-5-27(20)35-41-30-14-21(19-43)12-24(15-37)33(30)45-35)28-6-3-7-29(31(28)36)40-34-32-23(8-10-38-34)13-22(16-39-32)17-42-11-9-25(44)18-42/h2-8,10,12-14,16,25,43-44H,9,11,17-19H2,1H3,(H,38,40). The highest BCUT2D eigenvalue weighted by atomic mass is 35.5. The number of nitrogens with one attached hydrogen (secondary N) is 1. The minimum absolute atomic E-state index is 0.194. The molecular weight excluding hydrogens is 588 g/mol. The predicted octanol–water partition coefficient (Wildman–Crippen LogP) is 6.74. The first kappa shape index (κ1) is 28.9. The number of aliphatic hydroxyl groups is 2. The zero-order chi connectivity index (χ0) is 31.1. The predicted molar refractivity (Wildman–Crippen MR) is 174 cm³/mol. The molecule has 0 spiro atoms. The number of likely N-dealkylation sites (tertiary alicyclic amines) is 1. The van der Waals surface area contributed by atoms with Crippen molar-refractivity contribution >= 4 is 45.1 Å². The summed E-state index contributed by atoms with van der Waals surface area (Å²) in [5.74, 6) is 0.981. The van der Waals surface area contributed by atoms with Gasteiger partial charge in [0.15, 0.2) is 11.4 Å². The lowest BCUT2D eigenvalue weighted by Crippen LogP contribution is -2.21. The van der Waals surface area contributed by atoms with Crippen molar-refractivity contribution in [2.24, 2.45) is 0 Å². The molecule has 1 saturated heterocycles. The van der Waals surface area contributed by atoms with Gasteiger partial charge in [0.1, 0.15) is 17.1 Å². The van der Waals surface area contributed by atoms with Gasteiger partial charge in [0, 0.05) is 48.5 Å². The highest BCUT2D eigenvalue weighted by Crippen LogP contribution is 2.40. The van der Waals surface area contributed by atoms with E-state index in [0.29, 0.717) is 51.2 Å². The molecule has 1 aliphatic rings. The first-order valence-electron chi connectivity index (χ1n) is 14.7. The number of nitrogens with zero attached hydrogens (tertiary/aromatic N) is 5. The third kappa shape index (κ3) is 5.50. The summed E-state index contributed by atoms with van der Waals surface area (Å²) in [5, 5.41) is 34.0. The van der Waals surface area contributed by atoms with Crippen molar-refractivity contribution in [2.75, 3.05) is 18.4 Å². The van der Waals surface area contributed by atoms with E-state index in [1.807, 2.05) is 55.6 Å². The van der Waals surface area contributed by atoms with Crippen molar-refractivity contribution in [3.63, 3.8) is 0 Å². The normalized spacial score (nSPS) is 15.1. The van der Waals surface area contributed by atoms with Crippen LogP contribution in [0.15, 0.2) is 77.5 Å². The molecule has 0 saturated carbocycles. The van der Waals surface area contributed by atoms with Crippen LogP contribution in [0.1, 0.15) is 28.7 Å². The number of benzene rings is 3. The fraction of sp³-hybridized carbons (Fsp3) is 0.200. The topological polar surface area (TPSA) is 131 Å². The van der Waals surface area contributed by atoms with E-state index in [4.69, 9.17) is 21.0 Å². The van der Waals surface area contributed by atoms with Gasteiger partial charge in [-0.15, -0.1) is 0 Å². The van der Waals surface area contributed by atoms with Crippen LogP contribution in [0.3, 0.4) is 0 Å². The number of oxazole rings is 1. The molecule has 0 bridgehead atoms. The van der Waals surface area contributed by atoms with Gasteiger partial charge < -0.3 is 19.9 Å². The van der Waals surface area contributed by atoms with Gasteiger partial charge in [-0.25, -0.2) is 9.97 Å². The van der Waals surface area contributed by atoms with Crippen LogP contribution in [0.4, 0.5) is 11.5 Å². The second-order valence-corrected chi connectivity index (χ2v) is 11.7. The molecule has 3 N–H and O–H groups in total. The molecule has 4 heterocycles. The van der Waals surface area contributed by atoms with Crippen molar-refractivity contribution in [3.8, 4) is 28.7 Å². The molecule has 0 amide bonds. The van der Waals surface area contributed by atoms with Gasteiger partial charge in [-0.05, 0) is 72.0 Å². The summed E-state index contributed by atoms with van der Waals surface area (Å²) in [6.45, 7) is 4.09. The number of aromatic nitrogens is 3. The molecule has 7 rings (SSSR count). The number of anilines is 2. The molecule has 3 aromatic heterocycles. The molecule has 0 radical (unpaired) electrons. The van der Waals surface area contributed by atoms with Gasteiger partial charge in [0.05, 0.1) is 29.0 Å². The summed E-state index contributed by atoms with van der Waals surface area (Å²) >= 11 is 7.05. The molecule has 3 aromatic carbocycles. The Morgan fingerprint density at radius 2 is 1.89 bits per heavy atom. The highest BCUT2D eigenvalue weighted by molar-refractivity contribution is 6.36. The first-order valence-corrected chi connectivity index (χ1v) is 15.0. The summed E-state index contributed by atoms with van der Waals surface area (Å²) < 4.78 is 6.08. The summed E-state index contributed by atoms with van der Waals surface area (Å²) in [4.78, 5) is 16.2. The molecule has 6 aromatic rings. The number of rotatable bonds is 7. The van der Waals surface area contributed by atoms with E-state index >= 15 is 0 Å². The maximum Gasteiger partial charge on any atom is 0.227 e. The summed E-state index contributed by atoms with van der Waals surface area (Å²) in [7, 11) is 0. The average molecular weight is 617 g/mol. The van der Waals surface area contributed by atoms with Gasteiger partial charge in [-0.3, -0.25) is 9.88 Å². The number of halogens is 1. The summed E-state index contributed by atoms with van der Waals surface area (Å²) in [6.07, 6.45) is 4.16. The van der Waals surface area contributed by atoms with Crippen LogP contribution in [-0.2, 0) is 13.2 Å². The Labute approximate surface area is 264 Å². The quantitative estimate of drug-likeness (QED) is 0.178. The number of hydrogen-bond donors (Lipinski definition) is 3. The van der Waals surface area contributed by atoms with Crippen molar-refractivity contribution < 1.29 is 14.6 Å². The summed E-state index contributed by atoms with van der Waals surface area (Å²) in [6, 6.07) is 21.2. The molecule has 224 valence electrons. The molecule has 45 heavy (non-hydrogen) atoms. The smallest absolute Gasteiger partial charge is 0.227 e. The van der Waals surface area contributed by atoms with Gasteiger partial charge in [0.2, 0.25) is 5.89 Å². The van der Waals surface area contributed by atoms with Gasteiger partial charge in [0.25, 0.3) is 0 Å². The monoisotopic (exact) mass is 616 g/mol. The zero-order valence-electron chi connectivity index (χ0n) is 24.5. The highest BCUT2D eigenvalue weighted by Gasteiger charge is 2.21. The van der Waals surface area contributed by atoms with Crippen molar-refractivity contribution in [1.29, 1.82) is 5.26 Å². The minimum Gasteiger partial charge on any atom is -0.435 e. The van der Waals surface area contributed by atoms with E-state index in [1.54, 1.807) is 18.3 Å². The fourth-order valence-corrected chi connectivity index (χ4v) is 6.28. The Bertz CT molecular complexity index is 2120. The van der Waals surface area contributed by atoms with Crippen LogP contribution in [0.25, 0.3) is 44.6 Å². The average Bonchev–Trinajstić information content (AvgIpc) is 3.67. The van der Waals surface area contributed by atoms with Crippen LogP contribution in [-0.4, -0.2) is 49.3 Å². The lowest BCUT2D eigenvalue weighted by Gasteiger charge is -2.16. The number of β-amino-alcohol motifs (C(OH)–C–C–N with tert-alkyl or cyclic N) is 1. The second-order valence-electron chi connectivity index (χ2n) is 11.3. The SMILES string of the molecule is Cc1c(-c2nc3cc(CO)cc(C#N)c3o2)cccc1-c1cccc(Nc2nccc3cc(CN4CCC(O)C4)cnc23)c1Cl. The molecule has 10 heteroatoms. The molecule has 1 fully saturated rings. The first-order chi connectivity index (χ1) is 21.9. The van der Waals surface area contributed by atoms with Crippen LogP contribution in [0, 0.1) is 18.3 Å². The lowest BCUT2D eigenvalue weighted by molar-refractivity contribution is 0.175. The zero-order valence-corrected chi connectivity index (χ0v) is 25.2. The van der Waals surface area contributed by atoms with E-state index in [0.717, 1.165) is 58.2 Å². The van der Waals surface area contributed by atoms with E-state index in [1.165, 1.54) is 0 Å². The van der Waals surface area contributed by atoms with Crippen LogP contribution in [0.2, 0.25) is 5.02 Å². The third-order valence-corrected chi connectivity index (χ3v) is 8.68. The van der Waals surface area contributed by atoms with Gasteiger partial charge in [-0.2, -0.15) is 5.26 Å². The fourth-order valence-electron chi connectivity index (χ4n) is 6.00. The van der Waals surface area contributed by atoms with E-state index in [-0.39, 0.29) is 12.7 Å². The number of pyridine rings is 2. The Kier molecular flexibility index (Phi) is 7.65. The number of hydrogen-bond acceptors (Lipinski definition) is 9. The number of nitriles is 1. The van der Waals surface area contributed by atoms with E-state index in [9.17, 15) is 15.5 Å². The van der Waals surface area contributed by atoms with Crippen molar-refractivity contribution in [1.82, 2.24) is 19.9 Å². The maximum absolute atomic E-state index is 9.87. The van der Waals surface area contributed by atoms with E-state index in [2.05, 4.69) is 32.3 Å². The van der Waals surface area contributed by atoms with Crippen molar-refractivity contribution in [2.45, 2.75) is 32.6 Å². The van der Waals surface area contributed by atoms with Crippen LogP contribution < -0.4 is 5.32 Å². The Morgan fingerprint density at radius 1 is 1.07 bits per heavy atom. The number of aliphatic hydroxyl groups excluding tert-OH is 2. The van der Waals surface area contributed by atoms with Crippen molar-refractivity contribution in [3.05, 3.63) is 100 Å². The van der Waals surface area contributed by atoms with Gasteiger partial charge >= 0.3 is 0 Å².